The third-order valence-electron chi connectivity index (χ3n) is 5.31. The van der Waals surface area contributed by atoms with Gasteiger partial charge in [0.05, 0.1) is 26.0 Å². The number of fused-ring (bicyclic) bond motifs is 1. The van der Waals surface area contributed by atoms with E-state index in [-0.39, 0.29) is 11.5 Å². The highest BCUT2D eigenvalue weighted by Gasteiger charge is 2.47. The molecule has 0 unspecified atom stereocenters. The van der Waals surface area contributed by atoms with Crippen molar-refractivity contribution in [2.45, 2.75) is 25.4 Å². The average Bonchev–Trinajstić information content (AvgIpc) is 2.72. The zero-order chi connectivity index (χ0) is 17.8. The van der Waals surface area contributed by atoms with Crippen LogP contribution in [0.3, 0.4) is 0 Å². The first kappa shape index (κ1) is 17.0. The molecule has 0 amide bonds. The second-order valence-corrected chi connectivity index (χ2v) is 6.93. The minimum absolute atomic E-state index is 0.0511. The van der Waals surface area contributed by atoms with Crippen LogP contribution >= 0.6 is 0 Å². The topological polar surface area (TPSA) is 69.6 Å². The SMILES string of the molecule is COc1cc(N2CC[C@@H]3OCCC[C@]3(COc3cccnc3)C2)ncn1. The maximum absolute atomic E-state index is 6.12. The van der Waals surface area contributed by atoms with E-state index in [1.54, 1.807) is 25.8 Å². The van der Waals surface area contributed by atoms with Crippen molar-refractivity contribution in [3.63, 3.8) is 0 Å². The van der Waals surface area contributed by atoms with Crippen LogP contribution in [0.25, 0.3) is 0 Å². The van der Waals surface area contributed by atoms with Gasteiger partial charge in [0.25, 0.3) is 0 Å². The fourth-order valence-electron chi connectivity index (χ4n) is 3.97. The Labute approximate surface area is 153 Å². The van der Waals surface area contributed by atoms with Gasteiger partial charge >= 0.3 is 0 Å². The summed E-state index contributed by atoms with van der Waals surface area (Å²) in [5.41, 5.74) is -0.0511. The highest BCUT2D eigenvalue weighted by molar-refractivity contribution is 5.42. The summed E-state index contributed by atoms with van der Waals surface area (Å²) in [7, 11) is 1.62. The van der Waals surface area contributed by atoms with Crippen molar-refractivity contribution in [1.29, 1.82) is 0 Å². The Morgan fingerprint density at radius 3 is 3.19 bits per heavy atom. The summed E-state index contributed by atoms with van der Waals surface area (Å²) in [6.45, 7) is 3.19. The molecule has 0 spiro atoms. The molecular weight excluding hydrogens is 332 g/mol. The maximum Gasteiger partial charge on any atom is 0.218 e. The minimum atomic E-state index is -0.0511. The summed E-state index contributed by atoms with van der Waals surface area (Å²) in [6, 6.07) is 5.72. The van der Waals surface area contributed by atoms with Crippen molar-refractivity contribution >= 4 is 5.82 Å². The predicted molar refractivity (Wildman–Crippen MR) is 96.6 cm³/mol. The second kappa shape index (κ2) is 7.45. The third kappa shape index (κ3) is 3.44. The molecule has 0 aromatic carbocycles. The Hall–Kier alpha value is -2.41. The molecule has 7 heteroatoms. The number of piperidine rings is 1. The van der Waals surface area contributed by atoms with Gasteiger partial charge in [-0.15, -0.1) is 0 Å². The lowest BCUT2D eigenvalue weighted by Crippen LogP contribution is -2.57. The number of hydrogen-bond donors (Lipinski definition) is 0. The normalized spacial score (nSPS) is 25.4. The monoisotopic (exact) mass is 356 g/mol. The number of methoxy groups -OCH3 is 1. The van der Waals surface area contributed by atoms with Crippen molar-refractivity contribution < 1.29 is 14.2 Å². The van der Waals surface area contributed by atoms with Gasteiger partial charge in [0.1, 0.15) is 17.9 Å². The second-order valence-electron chi connectivity index (χ2n) is 6.93. The van der Waals surface area contributed by atoms with Crippen LogP contribution in [0.15, 0.2) is 36.9 Å². The van der Waals surface area contributed by atoms with Gasteiger partial charge in [-0.05, 0) is 31.4 Å². The van der Waals surface area contributed by atoms with Crippen LogP contribution in [-0.4, -0.2) is 54.5 Å². The molecule has 2 aliphatic rings. The van der Waals surface area contributed by atoms with Gasteiger partial charge in [0.15, 0.2) is 0 Å². The molecule has 2 aromatic heterocycles. The van der Waals surface area contributed by atoms with Crippen LogP contribution in [0, 0.1) is 5.41 Å². The van der Waals surface area contributed by atoms with Crippen molar-refractivity contribution in [3.8, 4) is 11.6 Å². The Kier molecular flexibility index (Phi) is 4.88. The first-order valence-electron chi connectivity index (χ1n) is 9.04. The number of pyridine rings is 1. The van der Waals surface area contributed by atoms with Crippen molar-refractivity contribution in [2.75, 3.05) is 38.3 Å². The number of rotatable bonds is 5. The first-order chi connectivity index (χ1) is 12.8. The standard InChI is InChI=1S/C19H24N4O3/c1-24-18-10-17(21-14-22-18)23-8-5-16-19(12-23,6-3-9-25-16)13-26-15-4-2-7-20-11-15/h2,4,7,10-11,14,16H,3,5-6,8-9,12-13H2,1H3/t16-,19+/m0/s1. The molecule has 0 radical (unpaired) electrons. The molecule has 2 atom stereocenters. The van der Waals surface area contributed by atoms with Crippen LogP contribution in [-0.2, 0) is 4.74 Å². The van der Waals surface area contributed by atoms with Gasteiger partial charge in [0.2, 0.25) is 5.88 Å². The highest BCUT2D eigenvalue weighted by atomic mass is 16.5. The third-order valence-corrected chi connectivity index (χ3v) is 5.31. The number of nitrogens with zero attached hydrogens (tertiary/aromatic N) is 4. The summed E-state index contributed by atoms with van der Waals surface area (Å²) in [4.78, 5) is 15.0. The minimum Gasteiger partial charge on any atom is -0.491 e. The van der Waals surface area contributed by atoms with Gasteiger partial charge < -0.3 is 19.1 Å². The van der Waals surface area contributed by atoms with E-state index in [9.17, 15) is 0 Å². The van der Waals surface area contributed by atoms with Gasteiger partial charge in [-0.2, -0.15) is 0 Å². The van der Waals surface area contributed by atoms with E-state index in [2.05, 4.69) is 19.9 Å². The lowest BCUT2D eigenvalue weighted by atomic mass is 9.73. The summed E-state index contributed by atoms with van der Waals surface area (Å²) in [5.74, 6) is 2.27. The van der Waals surface area contributed by atoms with E-state index < -0.39 is 0 Å². The van der Waals surface area contributed by atoms with Gasteiger partial charge in [0, 0.05) is 37.4 Å². The zero-order valence-corrected chi connectivity index (χ0v) is 15.0. The molecule has 7 nitrogen and oxygen atoms in total. The molecule has 4 rings (SSSR count). The van der Waals surface area contributed by atoms with Crippen molar-refractivity contribution in [2.24, 2.45) is 5.41 Å². The van der Waals surface area contributed by atoms with Crippen molar-refractivity contribution in [1.82, 2.24) is 15.0 Å². The fraction of sp³-hybridized carbons (Fsp3) is 0.526. The summed E-state index contributed by atoms with van der Waals surface area (Å²) >= 11 is 0. The number of hydrogen-bond acceptors (Lipinski definition) is 7. The summed E-state index contributed by atoms with van der Waals surface area (Å²) in [6.07, 6.45) is 8.37. The van der Waals surface area contributed by atoms with Crippen molar-refractivity contribution in [3.05, 3.63) is 36.9 Å². The Morgan fingerprint density at radius 1 is 1.38 bits per heavy atom. The Balaban J connectivity index is 1.54. The summed E-state index contributed by atoms with van der Waals surface area (Å²) in [5, 5.41) is 0. The largest absolute Gasteiger partial charge is 0.491 e. The average molecular weight is 356 g/mol. The summed E-state index contributed by atoms with van der Waals surface area (Å²) < 4.78 is 17.5. The van der Waals surface area contributed by atoms with Gasteiger partial charge in [-0.3, -0.25) is 4.98 Å². The number of anilines is 1. The molecular formula is C19H24N4O3. The highest BCUT2D eigenvalue weighted by Crippen LogP contribution is 2.41. The van der Waals surface area contributed by atoms with Gasteiger partial charge in [-0.1, -0.05) is 0 Å². The molecule has 2 aliphatic heterocycles. The molecule has 0 saturated carbocycles. The van der Waals surface area contributed by atoms with Gasteiger partial charge in [-0.25, -0.2) is 9.97 Å². The quantitative estimate of drug-likeness (QED) is 0.814. The van der Waals surface area contributed by atoms with E-state index in [0.29, 0.717) is 12.5 Å². The predicted octanol–water partition coefficient (Wildman–Crippen LogP) is 2.33. The van der Waals surface area contributed by atoms with E-state index in [1.807, 2.05) is 18.2 Å². The first-order valence-corrected chi connectivity index (χ1v) is 9.04. The molecule has 0 N–H and O–H groups in total. The van der Waals surface area contributed by atoms with E-state index in [0.717, 1.165) is 50.5 Å². The molecule has 138 valence electrons. The number of aromatic nitrogens is 3. The molecule has 0 aliphatic carbocycles. The van der Waals surface area contributed by atoms with Crippen LogP contribution < -0.4 is 14.4 Å². The lowest BCUT2D eigenvalue weighted by molar-refractivity contribution is -0.109. The lowest BCUT2D eigenvalue weighted by Gasteiger charge is -2.50. The molecule has 2 saturated heterocycles. The maximum atomic E-state index is 6.12. The molecule has 0 bridgehead atoms. The van der Waals surface area contributed by atoms with E-state index >= 15 is 0 Å². The molecule has 2 fully saturated rings. The van der Waals surface area contributed by atoms with Crippen LogP contribution in [0.5, 0.6) is 11.6 Å². The smallest absolute Gasteiger partial charge is 0.218 e. The van der Waals surface area contributed by atoms with Crippen LogP contribution in [0.1, 0.15) is 19.3 Å². The number of ether oxygens (including phenoxy) is 3. The molecule has 26 heavy (non-hydrogen) atoms. The molecule has 2 aromatic rings. The van der Waals surface area contributed by atoms with E-state index in [4.69, 9.17) is 14.2 Å². The van der Waals surface area contributed by atoms with E-state index in [1.165, 1.54) is 0 Å². The Bertz CT molecular complexity index is 730. The van der Waals surface area contributed by atoms with Crippen LogP contribution in [0.4, 0.5) is 5.82 Å². The zero-order valence-electron chi connectivity index (χ0n) is 15.0. The Morgan fingerprint density at radius 2 is 2.35 bits per heavy atom. The fourth-order valence-corrected chi connectivity index (χ4v) is 3.97. The van der Waals surface area contributed by atoms with Crippen LogP contribution in [0.2, 0.25) is 0 Å². The molecule has 4 heterocycles.